The van der Waals surface area contributed by atoms with Gasteiger partial charge >= 0.3 is 0 Å². The van der Waals surface area contributed by atoms with E-state index >= 15 is 0 Å². The summed E-state index contributed by atoms with van der Waals surface area (Å²) >= 11 is 12.2. The van der Waals surface area contributed by atoms with Crippen LogP contribution in [0.5, 0.6) is 0 Å². The van der Waals surface area contributed by atoms with Gasteiger partial charge in [-0.15, -0.1) is 5.10 Å². The number of piperazine rings is 1. The van der Waals surface area contributed by atoms with Gasteiger partial charge in [0.15, 0.2) is 5.15 Å². The molecule has 2 fully saturated rings. The number of anilines is 1. The number of amides is 4. The molecule has 34 heavy (non-hydrogen) atoms. The Kier molecular flexibility index (Phi) is 5.97. The Bertz CT molecular complexity index is 1210. The number of aromatic nitrogens is 2. The minimum atomic E-state index is -0.968. The average Bonchev–Trinajstić information content (AvgIpc) is 3.06. The SMILES string of the molecule is O=C1CCC(N2C(=O)c3ccc(CN4CCN(c5cnnc(Cl)c5Cl)CC4)cc3C2=O)C(=O)N1. The van der Waals surface area contributed by atoms with Crippen molar-refractivity contribution in [1.29, 1.82) is 0 Å². The monoisotopic (exact) mass is 502 g/mol. The van der Waals surface area contributed by atoms with Crippen LogP contribution in [0, 0.1) is 0 Å². The molecule has 4 amide bonds. The molecule has 2 aromatic rings. The van der Waals surface area contributed by atoms with Crippen LogP contribution in [0.2, 0.25) is 10.2 Å². The van der Waals surface area contributed by atoms with Crippen molar-refractivity contribution >= 4 is 52.5 Å². The number of nitrogens with zero attached hydrogens (tertiary/aromatic N) is 5. The summed E-state index contributed by atoms with van der Waals surface area (Å²) in [5, 5.41) is 10.4. The van der Waals surface area contributed by atoms with Crippen molar-refractivity contribution in [3.63, 3.8) is 0 Å². The number of imide groups is 2. The molecule has 1 aromatic carbocycles. The molecule has 1 unspecified atom stereocenters. The number of rotatable bonds is 4. The summed E-state index contributed by atoms with van der Waals surface area (Å²) in [5.74, 6) is -2.02. The summed E-state index contributed by atoms with van der Waals surface area (Å²) in [6, 6.07) is 4.22. The lowest BCUT2D eigenvalue weighted by Gasteiger charge is -2.36. The first-order valence-corrected chi connectivity index (χ1v) is 11.6. The molecule has 12 heteroatoms. The van der Waals surface area contributed by atoms with Crippen LogP contribution in [-0.4, -0.2) is 75.8 Å². The number of nitrogens with one attached hydrogen (secondary N) is 1. The molecule has 4 heterocycles. The quantitative estimate of drug-likeness (QED) is 0.625. The molecule has 3 aliphatic heterocycles. The standard InChI is InChI=1S/C22H20Cl2N6O4/c23-18-16(10-25-27-19(18)24)29-7-5-28(6-8-29)11-12-1-2-13-14(9-12)22(34)30(21(13)33)15-3-4-17(31)26-20(15)32/h1-2,9-10,15H,3-8,11H2,(H,26,31,32). The fourth-order valence-corrected chi connectivity index (χ4v) is 4.93. The first kappa shape index (κ1) is 22.7. The molecule has 1 N–H and O–H groups in total. The molecule has 0 bridgehead atoms. The first-order chi connectivity index (χ1) is 16.3. The number of benzene rings is 1. The number of fused-ring (bicyclic) bond motifs is 1. The normalized spacial score (nSPS) is 21.2. The van der Waals surface area contributed by atoms with Crippen LogP contribution in [0.15, 0.2) is 24.4 Å². The van der Waals surface area contributed by atoms with Crippen LogP contribution in [0.1, 0.15) is 39.1 Å². The molecule has 0 spiro atoms. The van der Waals surface area contributed by atoms with Crippen LogP contribution >= 0.6 is 23.2 Å². The van der Waals surface area contributed by atoms with E-state index < -0.39 is 29.7 Å². The molecule has 0 saturated carbocycles. The molecule has 0 radical (unpaired) electrons. The van der Waals surface area contributed by atoms with Gasteiger partial charge in [0, 0.05) is 39.1 Å². The van der Waals surface area contributed by atoms with Gasteiger partial charge in [-0.25, -0.2) is 0 Å². The third-order valence-corrected chi connectivity index (χ3v) is 7.09. The van der Waals surface area contributed by atoms with Crippen LogP contribution in [0.4, 0.5) is 5.69 Å². The van der Waals surface area contributed by atoms with Crippen molar-refractivity contribution < 1.29 is 19.2 Å². The highest BCUT2D eigenvalue weighted by Crippen LogP contribution is 2.31. The Balaban J connectivity index is 1.26. The lowest BCUT2D eigenvalue weighted by atomic mass is 10.0. The highest BCUT2D eigenvalue weighted by molar-refractivity contribution is 6.42. The zero-order valence-electron chi connectivity index (χ0n) is 18.0. The second-order valence-corrected chi connectivity index (χ2v) is 9.16. The van der Waals surface area contributed by atoms with Gasteiger partial charge in [-0.2, -0.15) is 5.10 Å². The highest BCUT2D eigenvalue weighted by atomic mass is 35.5. The van der Waals surface area contributed by atoms with Gasteiger partial charge in [-0.05, 0) is 24.1 Å². The molecule has 1 atom stereocenters. The number of hydrogen-bond acceptors (Lipinski definition) is 8. The lowest BCUT2D eigenvalue weighted by Crippen LogP contribution is -2.54. The van der Waals surface area contributed by atoms with Crippen LogP contribution in [0.3, 0.4) is 0 Å². The van der Waals surface area contributed by atoms with Crippen LogP contribution in [0.25, 0.3) is 0 Å². The summed E-state index contributed by atoms with van der Waals surface area (Å²) in [5.41, 5.74) is 2.21. The maximum Gasteiger partial charge on any atom is 0.262 e. The Morgan fingerprint density at radius 2 is 1.74 bits per heavy atom. The molecular weight excluding hydrogens is 483 g/mol. The van der Waals surface area contributed by atoms with E-state index in [1.165, 1.54) is 0 Å². The maximum atomic E-state index is 13.0. The van der Waals surface area contributed by atoms with Crippen LogP contribution in [-0.2, 0) is 16.1 Å². The second-order valence-electron chi connectivity index (χ2n) is 8.42. The van der Waals surface area contributed by atoms with Gasteiger partial charge in [0.05, 0.1) is 23.0 Å². The molecule has 0 aliphatic carbocycles. The van der Waals surface area contributed by atoms with Gasteiger partial charge in [-0.3, -0.25) is 34.3 Å². The smallest absolute Gasteiger partial charge is 0.262 e. The lowest BCUT2D eigenvalue weighted by molar-refractivity contribution is -0.136. The summed E-state index contributed by atoms with van der Waals surface area (Å²) in [7, 11) is 0. The number of carbonyl (C=O) groups is 4. The average molecular weight is 503 g/mol. The molecule has 2 saturated heterocycles. The maximum absolute atomic E-state index is 13.0. The van der Waals surface area contributed by atoms with E-state index in [0.29, 0.717) is 24.7 Å². The van der Waals surface area contributed by atoms with E-state index in [4.69, 9.17) is 23.2 Å². The predicted octanol–water partition coefficient (Wildman–Crippen LogP) is 1.51. The van der Waals surface area contributed by atoms with Gasteiger partial charge < -0.3 is 4.90 Å². The zero-order valence-corrected chi connectivity index (χ0v) is 19.5. The summed E-state index contributed by atoms with van der Waals surface area (Å²) in [6.07, 6.45) is 1.82. The van der Waals surface area contributed by atoms with Gasteiger partial charge in [0.2, 0.25) is 11.8 Å². The van der Waals surface area contributed by atoms with Crippen molar-refractivity contribution in [3.05, 3.63) is 51.3 Å². The van der Waals surface area contributed by atoms with Crippen molar-refractivity contribution in [1.82, 2.24) is 25.3 Å². The number of halogens is 2. The van der Waals surface area contributed by atoms with E-state index in [2.05, 4.69) is 25.3 Å². The third-order valence-electron chi connectivity index (χ3n) is 6.35. The number of piperidine rings is 1. The summed E-state index contributed by atoms with van der Waals surface area (Å²) < 4.78 is 0. The van der Waals surface area contributed by atoms with Crippen molar-refractivity contribution in [2.75, 3.05) is 31.1 Å². The third kappa shape index (κ3) is 4.02. The Morgan fingerprint density at radius 1 is 1.00 bits per heavy atom. The number of hydrogen-bond donors (Lipinski definition) is 1. The zero-order chi connectivity index (χ0) is 24.0. The van der Waals surface area contributed by atoms with Gasteiger partial charge in [0.1, 0.15) is 11.1 Å². The van der Waals surface area contributed by atoms with Crippen molar-refractivity contribution in [3.8, 4) is 0 Å². The fraction of sp³-hybridized carbons (Fsp3) is 0.364. The van der Waals surface area contributed by atoms with E-state index in [9.17, 15) is 19.2 Å². The Morgan fingerprint density at radius 3 is 2.47 bits per heavy atom. The molecule has 176 valence electrons. The topological polar surface area (TPSA) is 116 Å². The molecule has 10 nitrogen and oxygen atoms in total. The minimum absolute atomic E-state index is 0.0913. The summed E-state index contributed by atoms with van der Waals surface area (Å²) in [4.78, 5) is 54.8. The Labute approximate surface area is 204 Å². The highest BCUT2D eigenvalue weighted by Gasteiger charge is 2.44. The van der Waals surface area contributed by atoms with Crippen molar-refractivity contribution in [2.24, 2.45) is 0 Å². The van der Waals surface area contributed by atoms with E-state index in [1.54, 1.807) is 18.3 Å². The predicted molar refractivity (Wildman–Crippen MR) is 123 cm³/mol. The van der Waals surface area contributed by atoms with E-state index in [1.807, 2.05) is 6.07 Å². The van der Waals surface area contributed by atoms with E-state index in [0.717, 1.165) is 29.2 Å². The van der Waals surface area contributed by atoms with E-state index in [-0.39, 0.29) is 29.1 Å². The van der Waals surface area contributed by atoms with Gasteiger partial charge in [0.25, 0.3) is 11.8 Å². The molecule has 3 aliphatic rings. The second kappa shape index (κ2) is 8.94. The minimum Gasteiger partial charge on any atom is -0.366 e. The number of carbonyl (C=O) groups excluding carboxylic acids is 4. The summed E-state index contributed by atoms with van der Waals surface area (Å²) in [6.45, 7) is 3.54. The van der Waals surface area contributed by atoms with Crippen LogP contribution < -0.4 is 10.2 Å². The van der Waals surface area contributed by atoms with Gasteiger partial charge in [-0.1, -0.05) is 29.3 Å². The molecule has 5 rings (SSSR count). The fourth-order valence-electron chi connectivity index (χ4n) is 4.58. The Hall–Kier alpha value is -3.08. The molecular formula is C22H20Cl2N6O4. The molecule has 1 aromatic heterocycles. The largest absolute Gasteiger partial charge is 0.366 e. The first-order valence-electron chi connectivity index (χ1n) is 10.8. The van der Waals surface area contributed by atoms with Crippen molar-refractivity contribution in [2.45, 2.75) is 25.4 Å².